The number of hydrogen-bond acceptors (Lipinski definition) is 3. The standard InChI is InChI=1S/C20H18ClN3O/c1-14(15-6-9-18(21)10-7-15)23-24-20(25)13-22-19-11-8-16-4-2-3-5-17(16)12-19/h2-12,22H,13H2,1H3,(H,24,25)/b23-14+. The highest BCUT2D eigenvalue weighted by atomic mass is 35.5. The summed E-state index contributed by atoms with van der Waals surface area (Å²) in [4.78, 5) is 12.0. The van der Waals surface area contributed by atoms with E-state index in [0.717, 1.165) is 22.3 Å². The number of benzene rings is 3. The molecule has 0 saturated heterocycles. The number of hydrogen-bond donors (Lipinski definition) is 2. The van der Waals surface area contributed by atoms with E-state index in [-0.39, 0.29) is 12.5 Å². The SMILES string of the molecule is C/C(=N\NC(=O)CNc1ccc2ccccc2c1)c1ccc(Cl)cc1. The van der Waals surface area contributed by atoms with E-state index in [1.807, 2.05) is 55.5 Å². The van der Waals surface area contributed by atoms with E-state index >= 15 is 0 Å². The second-order valence-electron chi connectivity index (χ2n) is 5.65. The van der Waals surface area contributed by atoms with Crippen molar-refractivity contribution in [2.24, 2.45) is 5.10 Å². The molecule has 3 aromatic rings. The molecule has 25 heavy (non-hydrogen) atoms. The van der Waals surface area contributed by atoms with Gasteiger partial charge in [-0.3, -0.25) is 4.79 Å². The van der Waals surface area contributed by atoms with E-state index in [0.29, 0.717) is 5.02 Å². The van der Waals surface area contributed by atoms with Crippen LogP contribution in [-0.2, 0) is 4.79 Å². The van der Waals surface area contributed by atoms with Gasteiger partial charge in [-0.15, -0.1) is 0 Å². The molecule has 0 aliphatic rings. The summed E-state index contributed by atoms with van der Waals surface area (Å²) < 4.78 is 0. The summed E-state index contributed by atoms with van der Waals surface area (Å²) in [6.45, 7) is 1.98. The average molecular weight is 352 g/mol. The van der Waals surface area contributed by atoms with Crippen molar-refractivity contribution in [3.05, 3.63) is 77.3 Å². The highest BCUT2D eigenvalue weighted by Gasteiger charge is 2.02. The van der Waals surface area contributed by atoms with Crippen LogP contribution in [-0.4, -0.2) is 18.2 Å². The largest absolute Gasteiger partial charge is 0.376 e. The number of nitrogens with zero attached hydrogens (tertiary/aromatic N) is 1. The van der Waals surface area contributed by atoms with Gasteiger partial charge in [0.05, 0.1) is 12.3 Å². The molecular formula is C20H18ClN3O. The molecule has 0 saturated carbocycles. The zero-order valence-corrected chi connectivity index (χ0v) is 14.5. The Labute approximate surface area is 151 Å². The quantitative estimate of drug-likeness (QED) is 0.527. The van der Waals surface area contributed by atoms with Gasteiger partial charge in [-0.05, 0) is 47.5 Å². The maximum absolute atomic E-state index is 12.0. The fraction of sp³-hybridized carbons (Fsp3) is 0.100. The summed E-state index contributed by atoms with van der Waals surface area (Å²) in [7, 11) is 0. The lowest BCUT2D eigenvalue weighted by molar-refractivity contribution is -0.119. The third kappa shape index (κ3) is 4.58. The number of carbonyl (C=O) groups excluding carboxylic acids is 1. The summed E-state index contributed by atoms with van der Waals surface area (Å²) in [5, 5.41) is 10.2. The summed E-state index contributed by atoms with van der Waals surface area (Å²) >= 11 is 5.86. The van der Waals surface area contributed by atoms with Gasteiger partial charge in [-0.1, -0.05) is 54.1 Å². The molecule has 0 heterocycles. The van der Waals surface area contributed by atoms with Gasteiger partial charge in [-0.2, -0.15) is 5.10 Å². The lowest BCUT2D eigenvalue weighted by Gasteiger charge is -2.07. The van der Waals surface area contributed by atoms with Crippen molar-refractivity contribution in [3.63, 3.8) is 0 Å². The summed E-state index contributed by atoms with van der Waals surface area (Å²) in [5.74, 6) is -0.207. The molecular weight excluding hydrogens is 334 g/mol. The summed E-state index contributed by atoms with van der Waals surface area (Å²) in [5.41, 5.74) is 5.08. The second kappa shape index (κ2) is 7.81. The Morgan fingerprint density at radius 2 is 1.72 bits per heavy atom. The first-order valence-electron chi connectivity index (χ1n) is 7.93. The van der Waals surface area contributed by atoms with Crippen LogP contribution in [0.25, 0.3) is 10.8 Å². The number of halogens is 1. The van der Waals surface area contributed by atoms with Gasteiger partial charge in [0, 0.05) is 10.7 Å². The molecule has 0 bridgehead atoms. The minimum absolute atomic E-state index is 0.149. The number of fused-ring (bicyclic) bond motifs is 1. The predicted molar refractivity (Wildman–Crippen MR) is 104 cm³/mol. The van der Waals surface area contributed by atoms with Crippen molar-refractivity contribution in [1.29, 1.82) is 0 Å². The number of anilines is 1. The summed E-state index contributed by atoms with van der Waals surface area (Å²) in [6, 6.07) is 21.4. The zero-order valence-electron chi connectivity index (χ0n) is 13.8. The van der Waals surface area contributed by atoms with Crippen molar-refractivity contribution < 1.29 is 4.79 Å². The lowest BCUT2D eigenvalue weighted by Crippen LogP contribution is -2.26. The van der Waals surface area contributed by atoms with Gasteiger partial charge in [0.25, 0.3) is 5.91 Å². The number of hydrazone groups is 1. The number of nitrogens with one attached hydrogen (secondary N) is 2. The Kier molecular flexibility index (Phi) is 5.31. The highest BCUT2D eigenvalue weighted by Crippen LogP contribution is 2.18. The molecule has 0 atom stereocenters. The highest BCUT2D eigenvalue weighted by molar-refractivity contribution is 6.30. The smallest absolute Gasteiger partial charge is 0.259 e. The molecule has 0 spiro atoms. The molecule has 0 radical (unpaired) electrons. The van der Waals surface area contributed by atoms with E-state index in [1.54, 1.807) is 12.1 Å². The van der Waals surface area contributed by atoms with Crippen LogP contribution in [0.3, 0.4) is 0 Å². The van der Waals surface area contributed by atoms with E-state index in [4.69, 9.17) is 11.6 Å². The first-order chi connectivity index (χ1) is 12.1. The molecule has 0 fully saturated rings. The Balaban J connectivity index is 1.56. The Morgan fingerprint density at radius 3 is 2.48 bits per heavy atom. The van der Waals surface area contributed by atoms with Gasteiger partial charge in [0.15, 0.2) is 0 Å². The first kappa shape index (κ1) is 17.0. The van der Waals surface area contributed by atoms with Crippen LogP contribution in [0.5, 0.6) is 0 Å². The molecule has 0 aromatic heterocycles. The molecule has 3 rings (SSSR count). The Morgan fingerprint density at radius 1 is 1.00 bits per heavy atom. The normalized spacial score (nSPS) is 11.4. The average Bonchev–Trinajstić information content (AvgIpc) is 2.65. The molecule has 1 amide bonds. The van der Waals surface area contributed by atoms with Crippen molar-refractivity contribution in [1.82, 2.24) is 5.43 Å². The molecule has 126 valence electrons. The van der Waals surface area contributed by atoms with Gasteiger partial charge < -0.3 is 5.32 Å². The van der Waals surface area contributed by atoms with Crippen LogP contribution in [0, 0.1) is 0 Å². The van der Waals surface area contributed by atoms with E-state index < -0.39 is 0 Å². The maximum atomic E-state index is 12.0. The van der Waals surface area contributed by atoms with E-state index in [9.17, 15) is 4.79 Å². The number of amides is 1. The molecule has 0 aliphatic heterocycles. The molecule has 2 N–H and O–H groups in total. The number of carbonyl (C=O) groups is 1. The Bertz CT molecular complexity index is 920. The van der Waals surface area contributed by atoms with Crippen LogP contribution >= 0.6 is 11.6 Å². The van der Waals surface area contributed by atoms with Crippen molar-refractivity contribution in [3.8, 4) is 0 Å². The van der Waals surface area contributed by atoms with Crippen LogP contribution in [0.1, 0.15) is 12.5 Å². The molecule has 5 heteroatoms. The molecule has 0 unspecified atom stereocenters. The fourth-order valence-corrected chi connectivity index (χ4v) is 2.55. The minimum Gasteiger partial charge on any atom is -0.376 e. The molecule has 3 aromatic carbocycles. The summed E-state index contributed by atoms with van der Waals surface area (Å²) in [6.07, 6.45) is 0. The number of rotatable bonds is 5. The second-order valence-corrected chi connectivity index (χ2v) is 6.09. The van der Waals surface area contributed by atoms with E-state index in [2.05, 4.69) is 21.9 Å². The third-order valence-corrected chi connectivity index (χ3v) is 4.06. The lowest BCUT2D eigenvalue weighted by atomic mass is 10.1. The Hall–Kier alpha value is -2.85. The topological polar surface area (TPSA) is 53.5 Å². The van der Waals surface area contributed by atoms with Crippen LogP contribution in [0.4, 0.5) is 5.69 Å². The minimum atomic E-state index is -0.207. The van der Waals surface area contributed by atoms with Gasteiger partial charge >= 0.3 is 0 Å². The van der Waals surface area contributed by atoms with Gasteiger partial charge in [0.2, 0.25) is 0 Å². The maximum Gasteiger partial charge on any atom is 0.259 e. The van der Waals surface area contributed by atoms with Gasteiger partial charge in [-0.25, -0.2) is 5.43 Å². The first-order valence-corrected chi connectivity index (χ1v) is 8.31. The van der Waals surface area contributed by atoms with Crippen LogP contribution in [0.15, 0.2) is 71.8 Å². The van der Waals surface area contributed by atoms with Crippen LogP contribution in [0.2, 0.25) is 5.02 Å². The fourth-order valence-electron chi connectivity index (χ4n) is 2.42. The van der Waals surface area contributed by atoms with Crippen LogP contribution < -0.4 is 10.7 Å². The predicted octanol–water partition coefficient (Wildman–Crippen LogP) is 4.45. The monoisotopic (exact) mass is 351 g/mol. The van der Waals surface area contributed by atoms with E-state index in [1.165, 1.54) is 5.39 Å². The molecule has 0 aliphatic carbocycles. The third-order valence-electron chi connectivity index (χ3n) is 3.81. The van der Waals surface area contributed by atoms with Crippen molar-refractivity contribution in [2.45, 2.75) is 6.92 Å². The van der Waals surface area contributed by atoms with Gasteiger partial charge in [0.1, 0.15) is 0 Å². The zero-order chi connectivity index (χ0) is 17.6. The van der Waals surface area contributed by atoms with Crippen molar-refractivity contribution in [2.75, 3.05) is 11.9 Å². The van der Waals surface area contributed by atoms with Crippen molar-refractivity contribution >= 4 is 39.7 Å². The molecule has 4 nitrogen and oxygen atoms in total.